The second kappa shape index (κ2) is 13.4. The van der Waals surface area contributed by atoms with Crippen LogP contribution < -0.4 is 5.32 Å². The summed E-state index contributed by atoms with van der Waals surface area (Å²) in [7, 11) is 2.61. The molecular formula is C34H36Cl2F3N4O3+. The standard InChI is InChI=1S/C34H35Cl2F3N4O3/c1-41(32(46)34(37,38)39)22-43(2,31(45)23-8-4-3-5-9-23)29(25-12-13-27(35)28(36)20-25)14-17-42-18-15-33(16-19-42)26-11-7-6-10-24(26)21-30(44)40-33/h3-13,20,29H,14-19,21-22H2,1-2H3/p+1/t29-,43?/m0/s1. The molecule has 12 heteroatoms. The zero-order valence-corrected chi connectivity index (χ0v) is 27.1. The van der Waals surface area contributed by atoms with E-state index in [0.29, 0.717) is 66.4 Å². The zero-order valence-electron chi connectivity index (χ0n) is 25.6. The van der Waals surface area contributed by atoms with E-state index in [2.05, 4.69) is 16.3 Å². The molecule has 3 amide bonds. The Morgan fingerprint density at radius 3 is 2.30 bits per heavy atom. The first-order valence-corrected chi connectivity index (χ1v) is 15.8. The third kappa shape index (κ3) is 6.95. The van der Waals surface area contributed by atoms with E-state index in [0.717, 1.165) is 18.2 Å². The maximum atomic E-state index is 14.3. The monoisotopic (exact) mass is 675 g/mol. The lowest BCUT2D eigenvalue weighted by atomic mass is 9.75. The lowest BCUT2D eigenvalue weighted by Gasteiger charge is -2.46. The maximum Gasteiger partial charge on any atom is 0.471 e. The van der Waals surface area contributed by atoms with Crippen LogP contribution in [0.1, 0.15) is 52.4 Å². The number of alkyl halides is 3. The summed E-state index contributed by atoms with van der Waals surface area (Å²) in [5.41, 5.74) is 2.62. The Bertz CT molecular complexity index is 1610. The summed E-state index contributed by atoms with van der Waals surface area (Å²) in [5.74, 6) is -2.49. The van der Waals surface area contributed by atoms with E-state index in [1.165, 1.54) is 0 Å². The maximum absolute atomic E-state index is 14.3. The molecule has 3 aromatic carbocycles. The first-order chi connectivity index (χ1) is 21.7. The second-order valence-corrected chi connectivity index (χ2v) is 13.2. The molecule has 2 atom stereocenters. The van der Waals surface area contributed by atoms with Gasteiger partial charge in [0, 0.05) is 38.7 Å². The molecule has 1 fully saturated rings. The fourth-order valence-electron chi connectivity index (χ4n) is 6.95. The van der Waals surface area contributed by atoms with Gasteiger partial charge in [0.2, 0.25) is 5.91 Å². The van der Waals surface area contributed by atoms with Crippen molar-refractivity contribution >= 4 is 40.9 Å². The molecule has 1 spiro atoms. The largest absolute Gasteiger partial charge is 0.471 e. The van der Waals surface area contributed by atoms with Crippen molar-refractivity contribution in [1.82, 2.24) is 15.1 Å². The topological polar surface area (TPSA) is 69.7 Å². The molecule has 0 radical (unpaired) electrons. The minimum atomic E-state index is -5.11. The highest BCUT2D eigenvalue weighted by Crippen LogP contribution is 2.40. The van der Waals surface area contributed by atoms with Crippen molar-refractivity contribution in [3.8, 4) is 0 Å². The molecule has 0 saturated carbocycles. The van der Waals surface area contributed by atoms with Gasteiger partial charge in [0.25, 0.3) is 0 Å². The van der Waals surface area contributed by atoms with Gasteiger partial charge in [0.1, 0.15) is 6.04 Å². The average Bonchev–Trinajstić information content (AvgIpc) is 3.02. The van der Waals surface area contributed by atoms with Gasteiger partial charge in [-0.25, -0.2) is 9.28 Å². The molecule has 0 bridgehead atoms. The Kier molecular flexibility index (Phi) is 9.84. The number of nitrogens with one attached hydrogen (secondary N) is 1. The van der Waals surface area contributed by atoms with Gasteiger partial charge in [-0.05, 0) is 48.2 Å². The van der Waals surface area contributed by atoms with Crippen molar-refractivity contribution in [2.24, 2.45) is 0 Å². The van der Waals surface area contributed by atoms with Gasteiger partial charge >= 0.3 is 18.0 Å². The van der Waals surface area contributed by atoms with Crippen molar-refractivity contribution in [2.75, 3.05) is 40.4 Å². The highest BCUT2D eigenvalue weighted by molar-refractivity contribution is 6.42. The number of benzene rings is 3. The van der Waals surface area contributed by atoms with E-state index < -0.39 is 40.7 Å². The van der Waals surface area contributed by atoms with E-state index in [1.54, 1.807) is 55.6 Å². The van der Waals surface area contributed by atoms with Crippen LogP contribution in [0.25, 0.3) is 0 Å². The Hall–Kier alpha value is -3.44. The van der Waals surface area contributed by atoms with Crippen LogP contribution >= 0.6 is 23.2 Å². The summed E-state index contributed by atoms with van der Waals surface area (Å²) in [6, 6.07) is 20.6. The first-order valence-electron chi connectivity index (χ1n) is 15.1. The van der Waals surface area contributed by atoms with Gasteiger partial charge < -0.3 is 10.2 Å². The van der Waals surface area contributed by atoms with Crippen molar-refractivity contribution < 1.29 is 32.0 Å². The molecule has 1 N–H and O–H groups in total. The number of carbonyl (C=O) groups is 3. The van der Waals surface area contributed by atoms with Crippen LogP contribution in [0.15, 0.2) is 72.8 Å². The van der Waals surface area contributed by atoms with Gasteiger partial charge in [0.15, 0.2) is 6.67 Å². The van der Waals surface area contributed by atoms with Gasteiger partial charge in [-0.15, -0.1) is 0 Å². The Labute approximate surface area is 276 Å². The molecule has 46 heavy (non-hydrogen) atoms. The molecule has 1 unspecified atom stereocenters. The number of likely N-dealkylation sites (tertiary alicyclic amines) is 1. The summed E-state index contributed by atoms with van der Waals surface area (Å²) in [6.45, 7) is 1.28. The van der Waals surface area contributed by atoms with Crippen LogP contribution in [0.5, 0.6) is 0 Å². The third-order valence-corrected chi connectivity index (χ3v) is 10.0. The van der Waals surface area contributed by atoms with Crippen molar-refractivity contribution in [1.29, 1.82) is 0 Å². The van der Waals surface area contributed by atoms with Gasteiger partial charge in [-0.1, -0.05) is 71.7 Å². The molecule has 7 nitrogen and oxygen atoms in total. The minimum absolute atomic E-state index is 0.00292. The Morgan fingerprint density at radius 2 is 1.65 bits per heavy atom. The number of quaternary nitrogens is 1. The summed E-state index contributed by atoms with van der Waals surface area (Å²) < 4.78 is 40.0. The smallest absolute Gasteiger partial charge is 0.346 e. The van der Waals surface area contributed by atoms with Crippen LogP contribution in [-0.2, 0) is 21.5 Å². The number of halogens is 5. The van der Waals surface area contributed by atoms with Crippen LogP contribution in [0, 0.1) is 0 Å². The highest BCUT2D eigenvalue weighted by Gasteiger charge is 2.48. The Balaban J connectivity index is 1.45. The number of hydrogen-bond acceptors (Lipinski definition) is 4. The molecule has 2 aliphatic rings. The number of carbonyl (C=O) groups excluding carboxylic acids is 3. The van der Waals surface area contributed by atoms with Crippen LogP contribution in [-0.4, -0.2) is 78.6 Å². The van der Waals surface area contributed by atoms with Crippen molar-refractivity contribution in [3.05, 3.63) is 105 Å². The zero-order chi connectivity index (χ0) is 33.3. The molecule has 244 valence electrons. The van der Waals surface area contributed by atoms with E-state index in [-0.39, 0.29) is 10.9 Å². The third-order valence-electron chi connectivity index (χ3n) is 9.29. The summed E-state index contributed by atoms with van der Waals surface area (Å²) in [5, 5.41) is 3.79. The second-order valence-electron chi connectivity index (χ2n) is 12.4. The predicted molar refractivity (Wildman–Crippen MR) is 170 cm³/mol. The molecule has 0 aliphatic carbocycles. The van der Waals surface area contributed by atoms with Gasteiger partial charge in [-0.3, -0.25) is 14.5 Å². The molecule has 3 aromatic rings. The molecular weight excluding hydrogens is 640 g/mol. The van der Waals surface area contributed by atoms with Crippen LogP contribution in [0.3, 0.4) is 0 Å². The van der Waals surface area contributed by atoms with Crippen molar-refractivity contribution in [3.63, 3.8) is 0 Å². The summed E-state index contributed by atoms with van der Waals surface area (Å²) >= 11 is 12.7. The number of rotatable bonds is 8. The fourth-order valence-corrected chi connectivity index (χ4v) is 7.26. The lowest BCUT2D eigenvalue weighted by Crippen LogP contribution is -2.59. The molecule has 0 aromatic heterocycles. The quantitative estimate of drug-likeness (QED) is 0.223. The van der Waals surface area contributed by atoms with E-state index >= 15 is 0 Å². The number of hydrogen-bond donors (Lipinski definition) is 1. The lowest BCUT2D eigenvalue weighted by molar-refractivity contribution is -0.870. The number of amides is 3. The van der Waals surface area contributed by atoms with Gasteiger partial charge in [0.05, 0.1) is 34.6 Å². The molecule has 2 heterocycles. The molecule has 5 rings (SSSR count). The summed E-state index contributed by atoms with van der Waals surface area (Å²) in [4.78, 5) is 42.0. The van der Waals surface area contributed by atoms with E-state index in [4.69, 9.17) is 23.2 Å². The van der Waals surface area contributed by atoms with Crippen LogP contribution in [0.4, 0.5) is 13.2 Å². The average molecular weight is 677 g/mol. The normalized spacial score (nSPS) is 18.3. The summed E-state index contributed by atoms with van der Waals surface area (Å²) in [6.07, 6.45) is -3.03. The van der Waals surface area contributed by atoms with Crippen molar-refractivity contribution in [2.45, 2.75) is 43.4 Å². The number of piperidine rings is 1. The predicted octanol–water partition coefficient (Wildman–Crippen LogP) is 6.35. The van der Waals surface area contributed by atoms with Crippen LogP contribution in [0.2, 0.25) is 10.0 Å². The fraction of sp³-hybridized carbons (Fsp3) is 0.382. The van der Waals surface area contributed by atoms with E-state index in [9.17, 15) is 27.6 Å². The molecule has 2 aliphatic heterocycles. The number of nitrogens with zero attached hydrogens (tertiary/aromatic N) is 3. The highest BCUT2D eigenvalue weighted by atomic mass is 35.5. The van der Waals surface area contributed by atoms with Gasteiger partial charge in [-0.2, -0.15) is 13.2 Å². The Morgan fingerprint density at radius 1 is 1.00 bits per heavy atom. The number of fused-ring (bicyclic) bond motifs is 2. The van der Waals surface area contributed by atoms with E-state index in [1.807, 2.05) is 18.2 Å². The molecule has 1 saturated heterocycles. The SMILES string of the molecule is CN(C[N+](C)(C(=O)c1ccccc1)[C@@H](CCN1CCC2(CC1)NC(=O)Cc1ccccc12)c1ccc(Cl)c(Cl)c1)C(=O)C(F)(F)F. The minimum Gasteiger partial charge on any atom is -0.346 e. The first kappa shape index (κ1) is 33.9.